The fourth-order valence-corrected chi connectivity index (χ4v) is 4.77. The van der Waals surface area contributed by atoms with Crippen LogP contribution >= 0.6 is 0 Å². The molecule has 2 N–H and O–H groups in total. The van der Waals surface area contributed by atoms with Crippen molar-refractivity contribution >= 4 is 21.4 Å². The first-order chi connectivity index (χ1) is 9.89. The number of anilines is 2. The number of hydrogen-bond acceptors (Lipinski definition) is 3. The lowest BCUT2D eigenvalue weighted by Gasteiger charge is -2.24. The molecule has 0 amide bonds. The van der Waals surface area contributed by atoms with Crippen LogP contribution in [0.4, 0.5) is 11.4 Å². The number of nitrogen functional groups attached to an aromatic ring is 1. The van der Waals surface area contributed by atoms with Gasteiger partial charge < -0.3 is 5.73 Å². The van der Waals surface area contributed by atoms with Crippen LogP contribution in [0.2, 0.25) is 0 Å². The number of para-hydroxylation sites is 1. The van der Waals surface area contributed by atoms with E-state index in [1.54, 1.807) is 12.1 Å². The van der Waals surface area contributed by atoms with Crippen molar-refractivity contribution in [1.29, 1.82) is 0 Å². The molecular formula is C16H18N2O2S. The van der Waals surface area contributed by atoms with Gasteiger partial charge in [-0.2, -0.15) is 0 Å². The molecule has 2 aromatic rings. The lowest BCUT2D eigenvalue weighted by atomic mass is 10.1. The molecule has 4 nitrogen and oxygen atoms in total. The average Bonchev–Trinajstić information content (AvgIpc) is 2.73. The van der Waals surface area contributed by atoms with Gasteiger partial charge in [-0.3, -0.25) is 4.31 Å². The minimum Gasteiger partial charge on any atom is -0.399 e. The Bertz CT molecular complexity index is 779. The number of hydrogen-bond donors (Lipinski definition) is 1. The smallest absolute Gasteiger partial charge is 0.264 e. The zero-order chi connectivity index (χ0) is 15.2. The Morgan fingerprint density at radius 2 is 1.90 bits per heavy atom. The van der Waals surface area contributed by atoms with Gasteiger partial charge in [0.05, 0.1) is 10.6 Å². The third-order valence-corrected chi connectivity index (χ3v) is 5.68. The summed E-state index contributed by atoms with van der Waals surface area (Å²) in [6.07, 6.45) is 0.733. The van der Waals surface area contributed by atoms with Gasteiger partial charge in [0.15, 0.2) is 0 Å². The number of aryl methyl sites for hydroxylation is 1. The number of sulfonamides is 1. The molecule has 1 aliphatic heterocycles. The summed E-state index contributed by atoms with van der Waals surface area (Å²) in [6, 6.07) is 12.5. The number of nitrogens with two attached hydrogens (primary N) is 1. The molecule has 0 spiro atoms. The van der Waals surface area contributed by atoms with E-state index in [4.69, 9.17) is 5.73 Å². The van der Waals surface area contributed by atoms with Crippen molar-refractivity contribution in [3.05, 3.63) is 53.6 Å². The Balaban J connectivity index is 2.14. The highest BCUT2D eigenvalue weighted by atomic mass is 32.2. The summed E-state index contributed by atoms with van der Waals surface area (Å²) >= 11 is 0. The van der Waals surface area contributed by atoms with Gasteiger partial charge in [0.2, 0.25) is 0 Å². The molecule has 0 saturated carbocycles. The molecule has 21 heavy (non-hydrogen) atoms. The summed E-state index contributed by atoms with van der Waals surface area (Å²) in [6.45, 7) is 3.77. The van der Waals surface area contributed by atoms with Gasteiger partial charge in [-0.05, 0) is 55.7 Å². The van der Waals surface area contributed by atoms with E-state index in [2.05, 4.69) is 0 Å². The van der Waals surface area contributed by atoms with E-state index in [0.717, 1.165) is 23.2 Å². The van der Waals surface area contributed by atoms with Gasteiger partial charge in [-0.25, -0.2) is 8.42 Å². The quantitative estimate of drug-likeness (QED) is 0.868. The van der Waals surface area contributed by atoms with Gasteiger partial charge >= 0.3 is 0 Å². The molecular weight excluding hydrogens is 284 g/mol. The summed E-state index contributed by atoms with van der Waals surface area (Å²) in [5, 5.41) is 0. The first-order valence-corrected chi connectivity index (χ1v) is 8.33. The van der Waals surface area contributed by atoms with Gasteiger partial charge in [0.1, 0.15) is 0 Å². The fourth-order valence-electron chi connectivity index (χ4n) is 2.94. The average molecular weight is 302 g/mol. The van der Waals surface area contributed by atoms with Crippen molar-refractivity contribution in [3.8, 4) is 0 Å². The largest absolute Gasteiger partial charge is 0.399 e. The molecule has 5 heteroatoms. The molecule has 1 atom stereocenters. The van der Waals surface area contributed by atoms with Crippen molar-refractivity contribution in [1.82, 2.24) is 0 Å². The minimum absolute atomic E-state index is 0.0888. The first-order valence-electron chi connectivity index (χ1n) is 6.89. The van der Waals surface area contributed by atoms with E-state index < -0.39 is 10.0 Å². The molecule has 0 bridgehead atoms. The third kappa shape index (κ3) is 2.27. The maximum Gasteiger partial charge on any atom is 0.264 e. The second-order valence-electron chi connectivity index (χ2n) is 5.56. The minimum atomic E-state index is -3.59. The molecule has 3 rings (SSSR count). The number of benzene rings is 2. The van der Waals surface area contributed by atoms with E-state index >= 15 is 0 Å². The van der Waals surface area contributed by atoms with Crippen molar-refractivity contribution in [2.75, 3.05) is 10.0 Å². The van der Waals surface area contributed by atoms with Crippen LogP contribution in [0.3, 0.4) is 0 Å². The molecule has 0 aromatic heterocycles. The number of fused-ring (bicyclic) bond motifs is 1. The summed E-state index contributed by atoms with van der Waals surface area (Å²) in [7, 11) is -3.59. The Morgan fingerprint density at radius 1 is 1.19 bits per heavy atom. The molecule has 0 saturated heterocycles. The summed E-state index contributed by atoms with van der Waals surface area (Å²) < 4.78 is 27.5. The predicted molar refractivity (Wildman–Crippen MR) is 84.9 cm³/mol. The Labute approximate surface area is 125 Å². The van der Waals surface area contributed by atoms with E-state index in [1.165, 1.54) is 10.4 Å². The highest BCUT2D eigenvalue weighted by Gasteiger charge is 2.35. The number of nitrogens with zero attached hydrogens (tertiary/aromatic N) is 1. The predicted octanol–water partition coefficient (Wildman–Crippen LogP) is 2.72. The highest BCUT2D eigenvalue weighted by Crippen LogP contribution is 2.36. The van der Waals surface area contributed by atoms with Crippen LogP contribution in [0.5, 0.6) is 0 Å². The van der Waals surface area contributed by atoms with Crippen molar-refractivity contribution in [2.24, 2.45) is 0 Å². The van der Waals surface area contributed by atoms with Gasteiger partial charge in [-0.15, -0.1) is 0 Å². The van der Waals surface area contributed by atoms with E-state index in [-0.39, 0.29) is 10.9 Å². The van der Waals surface area contributed by atoms with Gasteiger partial charge in [0, 0.05) is 11.7 Å². The lowest BCUT2D eigenvalue weighted by molar-refractivity contribution is 0.584. The topological polar surface area (TPSA) is 63.4 Å². The van der Waals surface area contributed by atoms with Crippen molar-refractivity contribution in [2.45, 2.75) is 31.2 Å². The molecule has 110 valence electrons. The highest BCUT2D eigenvalue weighted by molar-refractivity contribution is 7.92. The molecule has 0 radical (unpaired) electrons. The first kappa shape index (κ1) is 13.9. The second kappa shape index (κ2) is 4.77. The summed E-state index contributed by atoms with van der Waals surface area (Å²) in [5.41, 5.74) is 8.94. The van der Waals surface area contributed by atoms with Gasteiger partial charge in [0.25, 0.3) is 10.0 Å². The molecule has 1 aliphatic rings. The van der Waals surface area contributed by atoms with Crippen LogP contribution in [0.25, 0.3) is 0 Å². The van der Waals surface area contributed by atoms with Crippen LogP contribution in [0.1, 0.15) is 18.1 Å². The van der Waals surface area contributed by atoms with E-state index in [1.807, 2.05) is 38.1 Å². The Hall–Kier alpha value is -2.01. The standard InChI is InChI=1S/C16H18N2O2S/c1-11-7-14(17)10-15(8-11)21(19,20)18-12(2)9-13-5-3-4-6-16(13)18/h3-8,10,12H,9,17H2,1-2H3. The molecule has 0 fully saturated rings. The zero-order valence-electron chi connectivity index (χ0n) is 12.1. The second-order valence-corrected chi connectivity index (χ2v) is 7.38. The van der Waals surface area contributed by atoms with Crippen molar-refractivity contribution < 1.29 is 8.42 Å². The molecule has 1 heterocycles. The van der Waals surface area contributed by atoms with Gasteiger partial charge in [-0.1, -0.05) is 18.2 Å². The summed E-state index contributed by atoms with van der Waals surface area (Å²) in [5.74, 6) is 0. The van der Waals surface area contributed by atoms with Crippen LogP contribution in [0.15, 0.2) is 47.4 Å². The molecule has 1 unspecified atom stereocenters. The Kier molecular flexibility index (Phi) is 3.17. The normalized spacial score (nSPS) is 17.8. The van der Waals surface area contributed by atoms with E-state index in [9.17, 15) is 8.42 Å². The third-order valence-electron chi connectivity index (χ3n) is 3.77. The number of rotatable bonds is 2. The zero-order valence-corrected chi connectivity index (χ0v) is 12.9. The lowest BCUT2D eigenvalue weighted by Crippen LogP contribution is -2.35. The molecule has 0 aliphatic carbocycles. The maximum atomic E-state index is 13.0. The monoisotopic (exact) mass is 302 g/mol. The van der Waals surface area contributed by atoms with Crippen LogP contribution in [0, 0.1) is 6.92 Å². The van der Waals surface area contributed by atoms with Crippen LogP contribution in [-0.2, 0) is 16.4 Å². The SMILES string of the molecule is Cc1cc(N)cc(S(=O)(=O)N2c3ccccc3CC2C)c1. The van der Waals surface area contributed by atoms with E-state index in [0.29, 0.717) is 5.69 Å². The Morgan fingerprint density at radius 3 is 2.62 bits per heavy atom. The van der Waals surface area contributed by atoms with Crippen LogP contribution in [-0.4, -0.2) is 14.5 Å². The van der Waals surface area contributed by atoms with Crippen molar-refractivity contribution in [3.63, 3.8) is 0 Å². The fraction of sp³-hybridized carbons (Fsp3) is 0.250. The molecule has 2 aromatic carbocycles. The van der Waals surface area contributed by atoms with Crippen LogP contribution < -0.4 is 10.0 Å². The maximum absolute atomic E-state index is 13.0. The summed E-state index contributed by atoms with van der Waals surface area (Å²) in [4.78, 5) is 0.253.